The van der Waals surface area contributed by atoms with E-state index in [2.05, 4.69) is 30.2 Å². The number of H-pyrrole nitrogens is 1. The van der Waals surface area contributed by atoms with Gasteiger partial charge in [-0.3, -0.25) is 4.98 Å². The first kappa shape index (κ1) is 18.5. The summed E-state index contributed by atoms with van der Waals surface area (Å²) in [4.78, 5) is 19.7. The molecule has 4 aromatic heterocycles. The van der Waals surface area contributed by atoms with Gasteiger partial charge in [-0.25, -0.2) is 14.4 Å². The second kappa shape index (κ2) is 7.71. The molecule has 5 aromatic rings. The number of halogens is 1. The van der Waals surface area contributed by atoms with Gasteiger partial charge in [0.25, 0.3) is 0 Å². The summed E-state index contributed by atoms with van der Waals surface area (Å²) in [5, 5.41) is 3.82. The lowest BCUT2D eigenvalue weighted by Crippen LogP contribution is -2.02. The van der Waals surface area contributed by atoms with Crippen LogP contribution in [-0.4, -0.2) is 24.9 Å². The van der Waals surface area contributed by atoms with Crippen molar-refractivity contribution in [1.29, 1.82) is 0 Å². The fourth-order valence-corrected chi connectivity index (χ4v) is 3.14. The molecule has 0 atom stereocenters. The number of hydrogen-bond acceptors (Lipinski definition) is 7. The summed E-state index contributed by atoms with van der Waals surface area (Å²) in [7, 11) is 0. The molecular weight excluding hydrogens is 397 g/mol. The lowest BCUT2D eigenvalue weighted by atomic mass is 10.2. The van der Waals surface area contributed by atoms with Gasteiger partial charge in [0.1, 0.15) is 17.2 Å². The molecule has 9 heteroatoms. The van der Waals surface area contributed by atoms with Crippen LogP contribution >= 0.6 is 0 Å². The molecular formula is C22H16FN7O. The highest BCUT2D eigenvalue weighted by molar-refractivity contribution is 5.82. The Morgan fingerprint density at radius 2 is 1.94 bits per heavy atom. The van der Waals surface area contributed by atoms with Crippen molar-refractivity contribution in [2.24, 2.45) is 0 Å². The minimum absolute atomic E-state index is 0.0949. The van der Waals surface area contributed by atoms with Crippen molar-refractivity contribution in [2.75, 3.05) is 11.1 Å². The van der Waals surface area contributed by atoms with Crippen LogP contribution in [0.2, 0.25) is 0 Å². The number of pyridine rings is 2. The fourth-order valence-electron chi connectivity index (χ4n) is 3.14. The summed E-state index contributed by atoms with van der Waals surface area (Å²) >= 11 is 0. The highest BCUT2D eigenvalue weighted by Gasteiger charge is 2.11. The SMILES string of the molecule is Nc1nc(Nc2ccc(Oc3ccnc4[nH]ccc34)c(F)c2)cc(-c2cccnc2)n1. The molecule has 0 bridgehead atoms. The largest absolute Gasteiger partial charge is 0.453 e. The summed E-state index contributed by atoms with van der Waals surface area (Å²) in [6.07, 6.45) is 6.70. The van der Waals surface area contributed by atoms with Gasteiger partial charge in [-0.2, -0.15) is 4.98 Å². The number of rotatable bonds is 5. The zero-order chi connectivity index (χ0) is 21.2. The molecule has 5 rings (SSSR count). The van der Waals surface area contributed by atoms with Crippen molar-refractivity contribution < 1.29 is 9.13 Å². The Hall–Kier alpha value is -4.53. The van der Waals surface area contributed by atoms with Crippen LogP contribution in [-0.2, 0) is 0 Å². The first-order valence-electron chi connectivity index (χ1n) is 9.37. The molecule has 0 aliphatic carbocycles. The molecule has 8 nitrogen and oxygen atoms in total. The monoisotopic (exact) mass is 413 g/mol. The van der Waals surface area contributed by atoms with Crippen LogP contribution in [0.5, 0.6) is 11.5 Å². The van der Waals surface area contributed by atoms with Crippen molar-refractivity contribution in [3.05, 3.63) is 79.1 Å². The third-order valence-electron chi connectivity index (χ3n) is 4.55. The Morgan fingerprint density at radius 1 is 1.00 bits per heavy atom. The first-order valence-corrected chi connectivity index (χ1v) is 9.37. The molecule has 0 saturated carbocycles. The van der Waals surface area contributed by atoms with Gasteiger partial charge in [0.15, 0.2) is 11.6 Å². The van der Waals surface area contributed by atoms with E-state index in [-0.39, 0.29) is 11.7 Å². The second-order valence-electron chi connectivity index (χ2n) is 6.66. The van der Waals surface area contributed by atoms with E-state index in [1.165, 1.54) is 6.07 Å². The Bertz CT molecular complexity index is 1370. The van der Waals surface area contributed by atoms with E-state index in [0.717, 1.165) is 10.9 Å². The number of hydrogen-bond donors (Lipinski definition) is 3. The molecule has 1 aromatic carbocycles. The molecule has 4 heterocycles. The number of anilines is 3. The van der Waals surface area contributed by atoms with Gasteiger partial charge in [0.2, 0.25) is 5.95 Å². The summed E-state index contributed by atoms with van der Waals surface area (Å²) < 4.78 is 20.5. The Labute approximate surface area is 176 Å². The first-order chi connectivity index (χ1) is 15.2. The van der Waals surface area contributed by atoms with Crippen LogP contribution < -0.4 is 15.8 Å². The number of nitrogens with one attached hydrogen (secondary N) is 2. The molecule has 0 radical (unpaired) electrons. The topological polar surface area (TPSA) is 115 Å². The van der Waals surface area contributed by atoms with E-state index in [1.807, 2.05) is 12.1 Å². The Kier molecular flexibility index (Phi) is 4.60. The van der Waals surface area contributed by atoms with Crippen LogP contribution in [0.25, 0.3) is 22.3 Å². The van der Waals surface area contributed by atoms with Crippen molar-refractivity contribution in [3.8, 4) is 22.8 Å². The van der Waals surface area contributed by atoms with E-state index < -0.39 is 5.82 Å². The van der Waals surface area contributed by atoms with E-state index in [1.54, 1.807) is 55.1 Å². The molecule has 0 saturated heterocycles. The van der Waals surface area contributed by atoms with Crippen molar-refractivity contribution >= 4 is 28.5 Å². The molecule has 0 fully saturated rings. The van der Waals surface area contributed by atoms with E-state index in [0.29, 0.717) is 28.6 Å². The zero-order valence-electron chi connectivity index (χ0n) is 16.1. The summed E-state index contributed by atoms with van der Waals surface area (Å²) in [6, 6.07) is 13.5. The fraction of sp³-hybridized carbons (Fsp3) is 0. The van der Waals surface area contributed by atoms with Gasteiger partial charge in [-0.05, 0) is 36.4 Å². The molecule has 0 aliphatic rings. The molecule has 31 heavy (non-hydrogen) atoms. The average Bonchev–Trinajstić information content (AvgIpc) is 3.26. The standard InChI is InChI=1S/C22H16FN7O/c23-16-10-14(3-4-19(16)31-18-6-9-27-21-15(18)5-8-26-21)28-20-11-17(29-22(24)30-20)13-2-1-7-25-12-13/h1-12H,(H,26,27)(H3,24,28,29,30). The van der Waals surface area contributed by atoms with Gasteiger partial charge < -0.3 is 20.8 Å². The Morgan fingerprint density at radius 3 is 2.77 bits per heavy atom. The quantitative estimate of drug-likeness (QED) is 0.383. The number of nitrogens with two attached hydrogens (primary N) is 1. The number of fused-ring (bicyclic) bond motifs is 1. The summed E-state index contributed by atoms with van der Waals surface area (Å²) in [5.74, 6) is 0.605. The molecule has 0 spiro atoms. The predicted octanol–water partition coefficient (Wildman–Crippen LogP) is 4.67. The van der Waals surface area contributed by atoms with Crippen LogP contribution in [0.3, 0.4) is 0 Å². The van der Waals surface area contributed by atoms with Crippen LogP contribution in [0.15, 0.2) is 73.3 Å². The van der Waals surface area contributed by atoms with Gasteiger partial charge in [0.05, 0.1) is 11.1 Å². The smallest absolute Gasteiger partial charge is 0.222 e. The van der Waals surface area contributed by atoms with E-state index in [9.17, 15) is 4.39 Å². The van der Waals surface area contributed by atoms with E-state index in [4.69, 9.17) is 10.5 Å². The number of aromatic amines is 1. The maximum Gasteiger partial charge on any atom is 0.222 e. The maximum absolute atomic E-state index is 14.7. The Balaban J connectivity index is 1.39. The zero-order valence-corrected chi connectivity index (χ0v) is 16.1. The molecule has 152 valence electrons. The molecule has 0 amide bonds. The highest BCUT2D eigenvalue weighted by Crippen LogP contribution is 2.32. The second-order valence-corrected chi connectivity index (χ2v) is 6.66. The van der Waals surface area contributed by atoms with E-state index >= 15 is 0 Å². The number of nitrogen functional groups attached to an aromatic ring is 1. The maximum atomic E-state index is 14.7. The molecule has 4 N–H and O–H groups in total. The van der Waals surface area contributed by atoms with Crippen molar-refractivity contribution in [3.63, 3.8) is 0 Å². The van der Waals surface area contributed by atoms with Crippen molar-refractivity contribution in [1.82, 2.24) is 24.9 Å². The van der Waals surface area contributed by atoms with Gasteiger partial charge in [0, 0.05) is 48.2 Å². The highest BCUT2D eigenvalue weighted by atomic mass is 19.1. The molecule has 0 aliphatic heterocycles. The third-order valence-corrected chi connectivity index (χ3v) is 4.55. The number of nitrogens with zero attached hydrogens (tertiary/aromatic N) is 4. The average molecular weight is 413 g/mol. The van der Waals surface area contributed by atoms with Crippen molar-refractivity contribution in [2.45, 2.75) is 0 Å². The van der Waals surface area contributed by atoms with Crippen LogP contribution in [0.1, 0.15) is 0 Å². The van der Waals surface area contributed by atoms with Gasteiger partial charge in [-0.1, -0.05) is 0 Å². The summed E-state index contributed by atoms with van der Waals surface area (Å²) in [6.45, 7) is 0. The predicted molar refractivity (Wildman–Crippen MR) is 116 cm³/mol. The lowest BCUT2D eigenvalue weighted by molar-refractivity contribution is 0.446. The number of ether oxygens (including phenoxy) is 1. The lowest BCUT2D eigenvalue weighted by Gasteiger charge is -2.11. The minimum atomic E-state index is -0.528. The van der Waals surface area contributed by atoms with Gasteiger partial charge >= 0.3 is 0 Å². The minimum Gasteiger partial charge on any atom is -0.453 e. The molecule has 0 unspecified atom stereocenters. The van der Waals surface area contributed by atoms with Gasteiger partial charge in [-0.15, -0.1) is 0 Å². The number of benzene rings is 1. The third kappa shape index (κ3) is 3.84. The van der Waals surface area contributed by atoms with Crippen LogP contribution in [0.4, 0.5) is 21.8 Å². The van der Waals surface area contributed by atoms with Crippen LogP contribution in [0, 0.1) is 5.82 Å². The normalized spacial score (nSPS) is 10.9. The number of aromatic nitrogens is 5. The summed E-state index contributed by atoms with van der Waals surface area (Å²) in [5.41, 5.74) is 8.40.